The summed E-state index contributed by atoms with van der Waals surface area (Å²) in [6.07, 6.45) is -0.897. The molecule has 1 aliphatic heterocycles. The predicted octanol–water partition coefficient (Wildman–Crippen LogP) is 7.91. The van der Waals surface area contributed by atoms with Gasteiger partial charge in [0, 0.05) is 22.4 Å². The summed E-state index contributed by atoms with van der Waals surface area (Å²) < 4.78 is 40.9. The average Bonchev–Trinajstić information content (AvgIpc) is 2.82. The Balaban J connectivity index is 1.85. The van der Waals surface area contributed by atoms with E-state index in [1.54, 1.807) is 18.2 Å². The molecule has 0 amide bonds. The summed E-state index contributed by atoms with van der Waals surface area (Å²) >= 11 is 12.6. The van der Waals surface area contributed by atoms with Crippen LogP contribution in [0.2, 0.25) is 10.0 Å². The summed E-state index contributed by atoms with van der Waals surface area (Å²) in [6, 6.07) is 15.8. The minimum absolute atomic E-state index is 0.0240. The topological polar surface area (TPSA) is 55.8 Å². The van der Waals surface area contributed by atoms with Crippen molar-refractivity contribution in [2.24, 2.45) is 5.92 Å². The molecule has 8 heteroatoms. The molecule has 1 heterocycles. The fraction of sp³-hybridized carbons (Fsp3) is 0.250. The van der Waals surface area contributed by atoms with E-state index in [2.05, 4.69) is 6.58 Å². The first-order valence-corrected chi connectivity index (χ1v) is 12.0. The quantitative estimate of drug-likeness (QED) is 0.314. The second kappa shape index (κ2) is 11.0. The zero-order valence-corrected chi connectivity index (χ0v) is 20.9. The van der Waals surface area contributed by atoms with Crippen LogP contribution >= 0.6 is 23.2 Å². The van der Waals surface area contributed by atoms with Gasteiger partial charge in [-0.05, 0) is 60.9 Å². The van der Waals surface area contributed by atoms with Crippen LogP contribution in [0.25, 0.3) is 0 Å². The van der Waals surface area contributed by atoms with Crippen molar-refractivity contribution < 1.29 is 28.2 Å². The number of benzene rings is 3. The van der Waals surface area contributed by atoms with Gasteiger partial charge in [0.1, 0.15) is 17.4 Å². The van der Waals surface area contributed by atoms with Crippen molar-refractivity contribution >= 4 is 29.2 Å². The average molecular weight is 533 g/mol. The molecule has 0 radical (unpaired) electrons. The monoisotopic (exact) mass is 532 g/mol. The molecule has 4 atom stereocenters. The molecular weight excluding hydrogens is 509 g/mol. The second-order valence-corrected chi connectivity index (χ2v) is 9.71. The van der Waals surface area contributed by atoms with Crippen LogP contribution in [0.4, 0.5) is 8.78 Å². The van der Waals surface area contributed by atoms with Crippen molar-refractivity contribution in [2.75, 3.05) is 6.61 Å². The molecule has 0 aromatic heterocycles. The van der Waals surface area contributed by atoms with Crippen molar-refractivity contribution in [3.05, 3.63) is 111 Å². The van der Waals surface area contributed by atoms with Gasteiger partial charge in [-0.1, -0.05) is 59.6 Å². The highest BCUT2D eigenvalue weighted by Crippen LogP contribution is 2.54. The molecule has 36 heavy (non-hydrogen) atoms. The van der Waals surface area contributed by atoms with Gasteiger partial charge in [0.25, 0.3) is 0 Å². The zero-order chi connectivity index (χ0) is 26.0. The van der Waals surface area contributed by atoms with E-state index < -0.39 is 36.4 Å². The third kappa shape index (κ3) is 5.72. The number of carboxylic acid groups (broad SMARTS) is 1. The van der Waals surface area contributed by atoms with Gasteiger partial charge in [0.2, 0.25) is 0 Å². The molecule has 0 unspecified atom stereocenters. The van der Waals surface area contributed by atoms with Crippen molar-refractivity contribution in [1.29, 1.82) is 0 Å². The van der Waals surface area contributed by atoms with Crippen LogP contribution in [0, 0.1) is 17.6 Å². The van der Waals surface area contributed by atoms with Gasteiger partial charge < -0.3 is 14.6 Å². The van der Waals surface area contributed by atoms with Gasteiger partial charge in [-0.3, -0.25) is 0 Å². The Bertz CT molecular complexity index is 1300. The number of carboxylic acids is 1. The Kier molecular flexibility index (Phi) is 7.98. The van der Waals surface area contributed by atoms with E-state index in [9.17, 15) is 13.6 Å². The van der Waals surface area contributed by atoms with Gasteiger partial charge >= 0.3 is 5.97 Å². The molecule has 188 valence electrons. The summed E-state index contributed by atoms with van der Waals surface area (Å²) in [4.78, 5) is 11.2. The maximum atomic E-state index is 14.6. The molecule has 0 bridgehead atoms. The lowest BCUT2D eigenvalue weighted by Crippen LogP contribution is -2.32. The second-order valence-electron chi connectivity index (χ2n) is 8.87. The molecular formula is C28H24Cl2F2O4. The Morgan fingerprint density at radius 3 is 2.44 bits per heavy atom. The first kappa shape index (κ1) is 26.1. The van der Waals surface area contributed by atoms with E-state index in [0.717, 1.165) is 17.2 Å². The number of ether oxygens (including phenoxy) is 2. The number of halogens is 4. The van der Waals surface area contributed by atoms with E-state index in [1.165, 1.54) is 18.2 Å². The fourth-order valence-corrected chi connectivity index (χ4v) is 5.20. The van der Waals surface area contributed by atoms with E-state index >= 15 is 0 Å². The lowest BCUT2D eigenvalue weighted by Gasteiger charge is -2.43. The van der Waals surface area contributed by atoms with Crippen molar-refractivity contribution in [3.8, 4) is 5.75 Å². The first-order chi connectivity index (χ1) is 17.1. The van der Waals surface area contributed by atoms with Crippen molar-refractivity contribution in [2.45, 2.75) is 31.5 Å². The molecule has 0 saturated carbocycles. The highest BCUT2D eigenvalue weighted by molar-refractivity contribution is 6.32. The first-order valence-electron chi connectivity index (χ1n) is 11.3. The van der Waals surface area contributed by atoms with E-state index in [-0.39, 0.29) is 28.2 Å². The summed E-state index contributed by atoms with van der Waals surface area (Å²) in [7, 11) is 0. The highest BCUT2D eigenvalue weighted by atomic mass is 35.5. The summed E-state index contributed by atoms with van der Waals surface area (Å²) in [5.74, 6) is -2.77. The molecule has 3 aromatic rings. The van der Waals surface area contributed by atoms with E-state index in [4.69, 9.17) is 37.8 Å². The molecule has 1 fully saturated rings. The Morgan fingerprint density at radius 1 is 1.06 bits per heavy atom. The standard InChI is InChI=1S/C28H24Cl2F2O4/c1-15(2)21-13-22(16-5-3-7-18(29)9-16)26(17-6-4-8-19(31)10-17)36-27(21)23-11-20(32)12-24(30)28(23)35-14-25(33)34/h3-12,21-22,26-27H,1,13-14H2,2H3,(H,33,34)/t21-,22-,26+,27+/m1/s1. The molecule has 0 aliphatic carbocycles. The molecule has 1 saturated heterocycles. The Labute approximate surface area is 218 Å². The van der Waals surface area contributed by atoms with Crippen LogP contribution in [0.1, 0.15) is 48.2 Å². The molecule has 3 aromatic carbocycles. The highest BCUT2D eigenvalue weighted by Gasteiger charge is 2.42. The van der Waals surface area contributed by atoms with Gasteiger partial charge in [0.05, 0.1) is 17.2 Å². The minimum atomic E-state index is -1.21. The van der Waals surface area contributed by atoms with Crippen LogP contribution in [0.5, 0.6) is 5.75 Å². The van der Waals surface area contributed by atoms with Gasteiger partial charge in [-0.2, -0.15) is 0 Å². The number of rotatable bonds is 7. The van der Waals surface area contributed by atoms with Crippen molar-refractivity contribution in [1.82, 2.24) is 0 Å². The predicted molar refractivity (Wildman–Crippen MR) is 135 cm³/mol. The zero-order valence-electron chi connectivity index (χ0n) is 19.4. The van der Waals surface area contributed by atoms with Crippen LogP contribution in [0.3, 0.4) is 0 Å². The number of aliphatic carboxylic acids is 1. The van der Waals surface area contributed by atoms with Crippen LogP contribution in [-0.4, -0.2) is 17.7 Å². The third-order valence-electron chi connectivity index (χ3n) is 6.30. The molecule has 4 nitrogen and oxygen atoms in total. The maximum absolute atomic E-state index is 14.6. The number of hydrogen-bond donors (Lipinski definition) is 1. The third-order valence-corrected chi connectivity index (χ3v) is 6.82. The summed E-state index contributed by atoms with van der Waals surface area (Å²) in [5, 5.41) is 9.61. The number of hydrogen-bond acceptors (Lipinski definition) is 3. The van der Waals surface area contributed by atoms with E-state index in [1.807, 2.05) is 25.1 Å². The molecule has 1 N–H and O–H groups in total. The minimum Gasteiger partial charge on any atom is -0.480 e. The molecule has 0 spiro atoms. The number of carbonyl (C=O) groups is 1. The summed E-state index contributed by atoms with van der Waals surface area (Å²) in [5.41, 5.74) is 2.54. The van der Waals surface area contributed by atoms with Gasteiger partial charge in [-0.25, -0.2) is 13.6 Å². The largest absolute Gasteiger partial charge is 0.480 e. The molecule has 1 aliphatic rings. The van der Waals surface area contributed by atoms with Crippen LogP contribution in [0.15, 0.2) is 72.8 Å². The summed E-state index contributed by atoms with van der Waals surface area (Å²) in [6.45, 7) is 5.31. The van der Waals surface area contributed by atoms with Crippen LogP contribution < -0.4 is 4.74 Å². The maximum Gasteiger partial charge on any atom is 0.341 e. The SMILES string of the molecule is C=C(C)[C@H]1C[C@H](c2cccc(Cl)c2)[C@H](c2cccc(F)c2)O[C@@H]1c1cc(F)cc(Cl)c1OCC(=O)O. The smallest absolute Gasteiger partial charge is 0.341 e. The molecule has 4 rings (SSSR count). The normalized spacial score (nSPS) is 21.7. The van der Waals surface area contributed by atoms with Gasteiger partial charge in [0.15, 0.2) is 6.61 Å². The fourth-order valence-electron chi connectivity index (χ4n) is 4.74. The lowest BCUT2D eigenvalue weighted by molar-refractivity contribution is -0.139. The Morgan fingerprint density at radius 2 is 1.78 bits per heavy atom. The van der Waals surface area contributed by atoms with Gasteiger partial charge in [-0.15, -0.1) is 0 Å². The Hall–Kier alpha value is -2.93. The lowest BCUT2D eigenvalue weighted by atomic mass is 9.74. The van der Waals surface area contributed by atoms with Crippen molar-refractivity contribution in [3.63, 3.8) is 0 Å². The van der Waals surface area contributed by atoms with E-state index in [0.29, 0.717) is 17.0 Å². The van der Waals surface area contributed by atoms with Crippen LogP contribution in [-0.2, 0) is 9.53 Å².